The van der Waals surface area contributed by atoms with Crippen LogP contribution in [0.25, 0.3) is 21.5 Å². The first-order valence-electron chi connectivity index (χ1n) is 11.7. The van der Waals surface area contributed by atoms with Crippen molar-refractivity contribution in [2.24, 2.45) is 5.92 Å². The number of aromatic nitrogens is 3. The Morgan fingerprint density at radius 1 is 1.14 bits per heavy atom. The number of hydrogen-bond donors (Lipinski definition) is 4. The van der Waals surface area contributed by atoms with E-state index in [-0.39, 0.29) is 5.91 Å². The average Bonchev–Trinajstić information content (AvgIpc) is 3.52. The molecule has 4 aromatic rings. The molecule has 1 aliphatic heterocycles. The number of anilines is 2. The van der Waals surface area contributed by atoms with Gasteiger partial charge in [-0.2, -0.15) is 0 Å². The first kappa shape index (κ1) is 22.4. The van der Waals surface area contributed by atoms with Crippen molar-refractivity contribution in [3.05, 3.63) is 64.9 Å². The van der Waals surface area contributed by atoms with Gasteiger partial charge in [-0.3, -0.25) is 20.6 Å². The highest BCUT2D eigenvalue weighted by Crippen LogP contribution is 2.32. The van der Waals surface area contributed by atoms with Crippen molar-refractivity contribution in [2.45, 2.75) is 31.3 Å². The fourth-order valence-corrected chi connectivity index (χ4v) is 6.03. The number of carbonyl (C=O) groups excluding carboxylic acids is 1. The SMILES string of the molecule is O=C(Nc1ccncc1Cl)c1cc2ccc(-c3nccc(NC4CCC5NNCC5C4)n3)cc2s1. The van der Waals surface area contributed by atoms with E-state index in [9.17, 15) is 4.79 Å². The molecule has 4 N–H and O–H groups in total. The summed E-state index contributed by atoms with van der Waals surface area (Å²) in [5.74, 6) is 1.96. The monoisotopic (exact) mass is 505 g/mol. The minimum atomic E-state index is -0.203. The number of benzene rings is 1. The Hall–Kier alpha value is -3.11. The zero-order chi connectivity index (χ0) is 23.8. The van der Waals surface area contributed by atoms with E-state index >= 15 is 0 Å². The van der Waals surface area contributed by atoms with Crippen LogP contribution in [0.1, 0.15) is 28.9 Å². The van der Waals surface area contributed by atoms with Crippen molar-refractivity contribution in [3.8, 4) is 11.4 Å². The largest absolute Gasteiger partial charge is 0.367 e. The lowest BCUT2D eigenvalue weighted by molar-refractivity contribution is 0.103. The summed E-state index contributed by atoms with van der Waals surface area (Å²) in [4.78, 5) is 26.6. The fraction of sp³-hybridized carbons (Fsp3) is 0.280. The fourth-order valence-electron chi connectivity index (χ4n) is 4.86. The molecule has 1 aliphatic carbocycles. The summed E-state index contributed by atoms with van der Waals surface area (Å²) >= 11 is 7.55. The predicted molar refractivity (Wildman–Crippen MR) is 140 cm³/mol. The number of thiophene rings is 1. The topological polar surface area (TPSA) is 104 Å². The maximum atomic E-state index is 12.8. The standard InChI is InChI=1S/C25H24ClN7OS/c26-18-13-27-7-5-20(18)31-25(34)22-10-14-1-2-15(11-21(14)35-22)24-28-8-6-23(32-24)30-17-3-4-19-16(9-17)12-29-33-19/h1-2,5-8,10-11,13,16-17,19,29,33H,3-4,9,12H2,(H,27,31,34)(H,28,30,32). The van der Waals surface area contributed by atoms with Crippen molar-refractivity contribution in [1.82, 2.24) is 25.8 Å². The van der Waals surface area contributed by atoms with Gasteiger partial charge in [0.15, 0.2) is 5.82 Å². The van der Waals surface area contributed by atoms with Gasteiger partial charge in [-0.1, -0.05) is 23.7 Å². The first-order valence-corrected chi connectivity index (χ1v) is 12.8. The van der Waals surface area contributed by atoms with Gasteiger partial charge >= 0.3 is 0 Å². The predicted octanol–water partition coefficient (Wildman–Crippen LogP) is 4.72. The minimum Gasteiger partial charge on any atom is -0.367 e. The highest BCUT2D eigenvalue weighted by atomic mass is 35.5. The Morgan fingerprint density at radius 3 is 3.00 bits per heavy atom. The molecule has 178 valence electrons. The third-order valence-corrected chi connectivity index (χ3v) is 8.06. The van der Waals surface area contributed by atoms with Gasteiger partial charge in [0.25, 0.3) is 5.91 Å². The molecular weight excluding hydrogens is 482 g/mol. The van der Waals surface area contributed by atoms with Crippen LogP contribution < -0.4 is 21.5 Å². The number of amides is 1. The molecule has 8 nitrogen and oxygen atoms in total. The third kappa shape index (κ3) is 4.72. The third-order valence-electron chi connectivity index (χ3n) is 6.66. The molecule has 2 aliphatic rings. The zero-order valence-corrected chi connectivity index (χ0v) is 20.4. The number of nitrogens with zero attached hydrogens (tertiary/aromatic N) is 3. The van der Waals surface area contributed by atoms with Gasteiger partial charge in [-0.05, 0) is 54.8 Å². The van der Waals surface area contributed by atoms with Crippen LogP contribution in [-0.4, -0.2) is 39.5 Å². The smallest absolute Gasteiger partial charge is 0.265 e. The van der Waals surface area contributed by atoms with Crippen molar-refractivity contribution in [1.29, 1.82) is 0 Å². The number of hydrazine groups is 1. The van der Waals surface area contributed by atoms with Gasteiger partial charge in [0, 0.05) is 47.5 Å². The Morgan fingerprint density at radius 2 is 2.09 bits per heavy atom. The highest BCUT2D eigenvalue weighted by Gasteiger charge is 2.33. The second-order valence-electron chi connectivity index (χ2n) is 8.98. The highest BCUT2D eigenvalue weighted by molar-refractivity contribution is 7.21. The molecule has 3 unspecified atom stereocenters. The van der Waals surface area contributed by atoms with E-state index in [2.05, 4.69) is 31.5 Å². The van der Waals surface area contributed by atoms with Gasteiger partial charge in [0.1, 0.15) is 5.82 Å². The van der Waals surface area contributed by atoms with Crippen LogP contribution in [-0.2, 0) is 0 Å². The molecule has 4 heterocycles. The van der Waals surface area contributed by atoms with Gasteiger partial charge in [0.05, 0.1) is 15.6 Å². The van der Waals surface area contributed by atoms with Crippen LogP contribution in [0.4, 0.5) is 11.5 Å². The maximum Gasteiger partial charge on any atom is 0.265 e. The molecule has 2 fully saturated rings. The lowest BCUT2D eigenvalue weighted by Crippen LogP contribution is -2.39. The number of halogens is 1. The second-order valence-corrected chi connectivity index (χ2v) is 10.5. The van der Waals surface area contributed by atoms with E-state index in [1.54, 1.807) is 18.5 Å². The summed E-state index contributed by atoms with van der Waals surface area (Å²) in [6.07, 6.45) is 8.30. The summed E-state index contributed by atoms with van der Waals surface area (Å²) in [5.41, 5.74) is 8.11. The number of rotatable bonds is 5. The Balaban J connectivity index is 1.19. The molecular formula is C25H24ClN7OS. The number of nitrogens with one attached hydrogen (secondary N) is 4. The van der Waals surface area contributed by atoms with Gasteiger partial charge < -0.3 is 10.6 Å². The molecule has 1 aromatic carbocycles. The van der Waals surface area contributed by atoms with E-state index in [0.29, 0.717) is 39.4 Å². The van der Waals surface area contributed by atoms with E-state index in [0.717, 1.165) is 47.3 Å². The number of carbonyl (C=O) groups is 1. The Kier molecular flexibility index (Phi) is 6.07. The summed E-state index contributed by atoms with van der Waals surface area (Å²) in [6, 6.07) is 12.5. The number of pyridine rings is 1. The molecule has 10 heteroatoms. The molecule has 0 radical (unpaired) electrons. The normalized spacial score (nSPS) is 21.6. The van der Waals surface area contributed by atoms with Gasteiger partial charge in [0.2, 0.25) is 0 Å². The number of fused-ring (bicyclic) bond motifs is 2. The summed E-state index contributed by atoms with van der Waals surface area (Å²) in [5, 5.41) is 7.87. The van der Waals surface area contributed by atoms with E-state index in [1.165, 1.54) is 17.5 Å². The number of hydrogen-bond acceptors (Lipinski definition) is 8. The summed E-state index contributed by atoms with van der Waals surface area (Å²) < 4.78 is 0.995. The van der Waals surface area contributed by atoms with Crippen molar-refractivity contribution in [2.75, 3.05) is 17.2 Å². The molecule has 0 bridgehead atoms. The van der Waals surface area contributed by atoms with Crippen LogP contribution in [0.15, 0.2) is 55.0 Å². The maximum absolute atomic E-state index is 12.8. The van der Waals surface area contributed by atoms with Crippen LogP contribution in [0.3, 0.4) is 0 Å². The second kappa shape index (κ2) is 9.50. The van der Waals surface area contributed by atoms with Crippen LogP contribution in [0.5, 0.6) is 0 Å². The molecule has 1 saturated heterocycles. The molecule has 1 saturated carbocycles. The molecule has 6 rings (SSSR count). The van der Waals surface area contributed by atoms with Crippen LogP contribution in [0.2, 0.25) is 5.02 Å². The van der Waals surface area contributed by atoms with Crippen molar-refractivity contribution in [3.63, 3.8) is 0 Å². The van der Waals surface area contributed by atoms with E-state index in [4.69, 9.17) is 16.6 Å². The Labute approximate surface area is 211 Å². The van der Waals surface area contributed by atoms with E-state index < -0.39 is 0 Å². The molecule has 1 amide bonds. The molecule has 3 atom stereocenters. The van der Waals surface area contributed by atoms with Gasteiger partial charge in [-0.15, -0.1) is 11.3 Å². The van der Waals surface area contributed by atoms with Crippen molar-refractivity contribution < 1.29 is 4.79 Å². The average molecular weight is 506 g/mol. The summed E-state index contributed by atoms with van der Waals surface area (Å²) in [6.45, 7) is 1.02. The molecule has 0 spiro atoms. The van der Waals surface area contributed by atoms with Crippen molar-refractivity contribution >= 4 is 50.4 Å². The zero-order valence-electron chi connectivity index (χ0n) is 18.8. The Bertz CT molecular complexity index is 1390. The van der Waals surface area contributed by atoms with Crippen LogP contribution in [0, 0.1) is 5.92 Å². The lowest BCUT2D eigenvalue weighted by atomic mass is 9.83. The first-order chi connectivity index (χ1) is 17.1. The van der Waals surface area contributed by atoms with Crippen LogP contribution >= 0.6 is 22.9 Å². The summed E-state index contributed by atoms with van der Waals surface area (Å²) in [7, 11) is 0. The molecule has 35 heavy (non-hydrogen) atoms. The quantitative estimate of drug-likeness (QED) is 0.311. The van der Waals surface area contributed by atoms with E-state index in [1.807, 2.05) is 30.3 Å². The molecule has 3 aromatic heterocycles. The lowest BCUT2D eigenvalue weighted by Gasteiger charge is -2.31. The minimum absolute atomic E-state index is 0.203. The van der Waals surface area contributed by atoms with Gasteiger partial charge in [-0.25, -0.2) is 9.97 Å².